The second kappa shape index (κ2) is 10.8. The van der Waals surface area contributed by atoms with Gasteiger partial charge >= 0.3 is 6.01 Å². The Balaban J connectivity index is 1.43. The Morgan fingerprint density at radius 1 is 1.24 bits per heavy atom. The molecule has 3 aromatic rings. The van der Waals surface area contributed by atoms with Crippen molar-refractivity contribution in [1.29, 1.82) is 0 Å². The number of hydrogen-bond acceptors (Lipinski definition) is 8. The molecule has 0 amide bonds. The molecular formula is C30H33F2N5O3S. The summed E-state index contributed by atoms with van der Waals surface area (Å²) in [6.07, 6.45) is 9.22. The zero-order valence-corrected chi connectivity index (χ0v) is 23.8. The summed E-state index contributed by atoms with van der Waals surface area (Å²) in [6, 6.07) is 4.21. The topological polar surface area (TPSA) is 97.3 Å². The van der Waals surface area contributed by atoms with Crippen LogP contribution in [0.15, 0.2) is 37.1 Å². The van der Waals surface area contributed by atoms with Crippen LogP contribution >= 0.6 is 0 Å². The molecule has 5 heterocycles. The second-order valence-electron chi connectivity index (χ2n) is 11.1. The van der Waals surface area contributed by atoms with Gasteiger partial charge in [0, 0.05) is 23.4 Å². The summed E-state index contributed by atoms with van der Waals surface area (Å²) in [5.41, 5.74) is 0.791. The molecule has 1 aromatic carbocycles. The van der Waals surface area contributed by atoms with Gasteiger partial charge in [-0.05, 0) is 63.7 Å². The summed E-state index contributed by atoms with van der Waals surface area (Å²) in [4.78, 5) is 15.9. The van der Waals surface area contributed by atoms with Crippen LogP contribution < -0.4 is 10.1 Å². The number of nitrogens with one attached hydrogen (secondary N) is 1. The molecule has 3 fully saturated rings. The molecule has 1 N–H and O–H groups in total. The molecule has 216 valence electrons. The Kier molecular flexibility index (Phi) is 7.27. The van der Waals surface area contributed by atoms with E-state index in [9.17, 15) is 8.42 Å². The number of fused-ring (bicyclic) bond motifs is 2. The quantitative estimate of drug-likeness (QED) is 0.397. The highest BCUT2D eigenvalue weighted by Gasteiger charge is 2.45. The molecule has 2 aromatic heterocycles. The SMILES string of the molecule is C=Cc1cccc(F)c1/C(=C\C)c1ncc2c(NC3CCS(=O)(=O)C3)nc(OCC34CCCN3CCC4)nc2c1F. The number of halogens is 2. The lowest BCUT2D eigenvalue weighted by molar-refractivity contribution is 0.108. The van der Waals surface area contributed by atoms with E-state index < -0.39 is 21.5 Å². The minimum absolute atomic E-state index is 0.00438. The van der Waals surface area contributed by atoms with Crippen LogP contribution in [0.1, 0.15) is 55.8 Å². The third-order valence-electron chi connectivity index (χ3n) is 8.60. The maximum Gasteiger partial charge on any atom is 0.319 e. The van der Waals surface area contributed by atoms with E-state index in [2.05, 4.69) is 31.7 Å². The number of aromatic nitrogens is 3. The largest absolute Gasteiger partial charge is 0.461 e. The van der Waals surface area contributed by atoms with E-state index in [1.54, 1.807) is 25.1 Å². The fourth-order valence-electron chi connectivity index (χ4n) is 6.56. The summed E-state index contributed by atoms with van der Waals surface area (Å²) in [7, 11) is -3.17. The number of hydrogen-bond donors (Lipinski definition) is 1. The molecule has 0 radical (unpaired) electrons. The number of nitrogens with zero attached hydrogens (tertiary/aromatic N) is 4. The third kappa shape index (κ3) is 5.10. The number of allylic oxidation sites excluding steroid dienone is 1. The van der Waals surface area contributed by atoms with Crippen LogP contribution in [0.3, 0.4) is 0 Å². The van der Waals surface area contributed by atoms with E-state index in [0.717, 1.165) is 38.8 Å². The lowest BCUT2D eigenvalue weighted by atomic mass is 9.95. The lowest BCUT2D eigenvalue weighted by Gasteiger charge is -2.31. The van der Waals surface area contributed by atoms with Gasteiger partial charge in [0.2, 0.25) is 0 Å². The van der Waals surface area contributed by atoms with Crippen molar-refractivity contribution in [1.82, 2.24) is 19.9 Å². The number of anilines is 1. The minimum atomic E-state index is -3.17. The normalized spacial score (nSPS) is 21.7. The van der Waals surface area contributed by atoms with E-state index >= 15 is 8.78 Å². The Labute approximate surface area is 238 Å². The first-order chi connectivity index (χ1) is 19.7. The summed E-state index contributed by atoms with van der Waals surface area (Å²) in [5.74, 6) is -0.974. The van der Waals surface area contributed by atoms with Crippen LogP contribution in [0, 0.1) is 11.6 Å². The first kappa shape index (κ1) is 27.7. The molecule has 1 unspecified atom stereocenters. The van der Waals surface area contributed by atoms with Crippen molar-refractivity contribution in [3.05, 3.63) is 65.5 Å². The number of rotatable bonds is 8. The molecule has 11 heteroatoms. The van der Waals surface area contributed by atoms with Crippen LogP contribution in [0.25, 0.3) is 22.6 Å². The summed E-state index contributed by atoms with van der Waals surface area (Å²) < 4.78 is 61.8. The smallest absolute Gasteiger partial charge is 0.319 e. The lowest BCUT2D eigenvalue weighted by Crippen LogP contribution is -2.43. The highest BCUT2D eigenvalue weighted by atomic mass is 32.2. The molecule has 0 saturated carbocycles. The van der Waals surface area contributed by atoms with Crippen LogP contribution in [-0.2, 0) is 9.84 Å². The molecule has 1 atom stereocenters. The van der Waals surface area contributed by atoms with Crippen LogP contribution in [0.4, 0.5) is 14.6 Å². The van der Waals surface area contributed by atoms with Crippen molar-refractivity contribution in [3.63, 3.8) is 0 Å². The van der Waals surface area contributed by atoms with Crippen LogP contribution in [0.2, 0.25) is 0 Å². The zero-order chi connectivity index (χ0) is 28.8. The molecule has 6 rings (SSSR count). The standard InChI is InChI=1S/C30H33F2N5O3S/c1-3-19-8-5-9-23(31)24(19)21(4-2)26-25(32)27-22(16-33-26)28(34-20-10-15-41(38,39)17-20)36-29(35-27)40-18-30-11-6-13-37(30)14-7-12-30/h3-5,8-9,16,20H,1,6-7,10-15,17-18H2,2H3,(H,34,35,36)/b21-4+. The third-order valence-corrected chi connectivity index (χ3v) is 10.4. The second-order valence-corrected chi connectivity index (χ2v) is 13.3. The van der Waals surface area contributed by atoms with Gasteiger partial charge in [0.25, 0.3) is 0 Å². The predicted molar refractivity (Wildman–Crippen MR) is 155 cm³/mol. The maximum atomic E-state index is 16.4. The first-order valence-electron chi connectivity index (χ1n) is 14.0. The average molecular weight is 582 g/mol. The van der Waals surface area contributed by atoms with Crippen molar-refractivity contribution in [2.75, 3.05) is 36.5 Å². The van der Waals surface area contributed by atoms with Crippen molar-refractivity contribution in [2.45, 2.75) is 50.6 Å². The number of pyridine rings is 1. The van der Waals surface area contributed by atoms with E-state index in [0.29, 0.717) is 18.6 Å². The average Bonchev–Trinajstić information content (AvgIpc) is 3.63. The van der Waals surface area contributed by atoms with Gasteiger partial charge in [0.1, 0.15) is 29.5 Å². The van der Waals surface area contributed by atoms with E-state index in [-0.39, 0.29) is 62.6 Å². The predicted octanol–water partition coefficient (Wildman–Crippen LogP) is 5.00. The number of benzene rings is 1. The van der Waals surface area contributed by atoms with Gasteiger partial charge in [-0.15, -0.1) is 0 Å². The Bertz CT molecular complexity index is 1650. The molecule has 8 nitrogen and oxygen atoms in total. The fraction of sp³-hybridized carbons (Fsp3) is 0.433. The number of sulfone groups is 1. The van der Waals surface area contributed by atoms with Crippen molar-refractivity contribution >= 4 is 38.2 Å². The molecule has 41 heavy (non-hydrogen) atoms. The zero-order valence-electron chi connectivity index (χ0n) is 23.0. The van der Waals surface area contributed by atoms with E-state index in [1.165, 1.54) is 18.3 Å². The maximum absolute atomic E-state index is 16.4. The van der Waals surface area contributed by atoms with Gasteiger partial charge < -0.3 is 10.1 Å². The summed E-state index contributed by atoms with van der Waals surface area (Å²) in [5, 5.41) is 3.48. The Hall–Kier alpha value is -3.44. The Morgan fingerprint density at radius 3 is 2.71 bits per heavy atom. The highest BCUT2D eigenvalue weighted by Crippen LogP contribution is 2.39. The minimum Gasteiger partial charge on any atom is -0.461 e. The fourth-order valence-corrected chi connectivity index (χ4v) is 8.23. The van der Waals surface area contributed by atoms with Crippen molar-refractivity contribution in [3.8, 4) is 6.01 Å². The highest BCUT2D eigenvalue weighted by molar-refractivity contribution is 7.91. The Morgan fingerprint density at radius 2 is 2.02 bits per heavy atom. The van der Waals surface area contributed by atoms with Gasteiger partial charge in [-0.2, -0.15) is 9.97 Å². The summed E-state index contributed by atoms with van der Waals surface area (Å²) in [6.45, 7) is 7.91. The van der Waals surface area contributed by atoms with Gasteiger partial charge in [-0.3, -0.25) is 9.88 Å². The first-order valence-corrected chi connectivity index (χ1v) is 15.8. The molecule has 0 spiro atoms. The molecule has 0 aliphatic carbocycles. The van der Waals surface area contributed by atoms with Crippen LogP contribution in [0.5, 0.6) is 6.01 Å². The summed E-state index contributed by atoms with van der Waals surface area (Å²) >= 11 is 0. The van der Waals surface area contributed by atoms with Gasteiger partial charge in [-0.1, -0.05) is 30.9 Å². The molecule has 3 saturated heterocycles. The van der Waals surface area contributed by atoms with Crippen molar-refractivity contribution in [2.24, 2.45) is 0 Å². The van der Waals surface area contributed by atoms with Gasteiger partial charge in [-0.25, -0.2) is 17.2 Å². The van der Waals surface area contributed by atoms with Crippen molar-refractivity contribution < 1.29 is 21.9 Å². The monoisotopic (exact) mass is 581 g/mol. The van der Waals surface area contributed by atoms with E-state index in [4.69, 9.17) is 4.74 Å². The molecule has 0 bridgehead atoms. The van der Waals surface area contributed by atoms with Crippen LogP contribution in [-0.4, -0.2) is 71.1 Å². The van der Waals surface area contributed by atoms with E-state index in [1.807, 2.05) is 0 Å². The van der Waals surface area contributed by atoms with Gasteiger partial charge in [0.15, 0.2) is 15.7 Å². The van der Waals surface area contributed by atoms with Gasteiger partial charge in [0.05, 0.1) is 22.4 Å². The number of ether oxygens (including phenoxy) is 1. The molecule has 3 aliphatic heterocycles. The molecular weight excluding hydrogens is 548 g/mol. The molecule has 3 aliphatic rings.